The van der Waals surface area contributed by atoms with E-state index in [-0.39, 0.29) is 18.6 Å². The van der Waals surface area contributed by atoms with Crippen LogP contribution in [0.4, 0.5) is 0 Å². The molecule has 0 saturated carbocycles. The van der Waals surface area contributed by atoms with Gasteiger partial charge in [-0.15, -0.1) is 0 Å². The minimum Gasteiger partial charge on any atom is -0.461 e. The number of carbonyl (C=O) groups is 2. The zero-order valence-corrected chi connectivity index (χ0v) is 18.9. The number of aromatic amines is 2. The predicted octanol–water partition coefficient (Wildman–Crippen LogP) is 4.47. The summed E-state index contributed by atoms with van der Waals surface area (Å²) in [6.45, 7) is 6.19. The Kier molecular flexibility index (Phi) is 5.24. The molecule has 4 heterocycles. The van der Waals surface area contributed by atoms with Crippen molar-refractivity contribution in [2.24, 2.45) is 0 Å². The van der Waals surface area contributed by atoms with Crippen LogP contribution in [0.25, 0.3) is 10.9 Å². The van der Waals surface area contributed by atoms with E-state index in [1.165, 1.54) is 10.9 Å². The maximum Gasteiger partial charge on any atom is 0.355 e. The van der Waals surface area contributed by atoms with Crippen LogP contribution in [0.5, 0.6) is 0 Å². The normalized spacial score (nSPS) is 15.5. The molecule has 1 amide bonds. The van der Waals surface area contributed by atoms with E-state index in [0.717, 1.165) is 23.3 Å². The molecule has 168 valence electrons. The SMILES string of the molecule is CCOC(=O)c1[nH]c(C)c(C(=O)N2CCc3c([nH]c4ccccc34)[C@H]2c2ccccn2)c1C. The summed E-state index contributed by atoms with van der Waals surface area (Å²) >= 11 is 0. The molecule has 3 aromatic heterocycles. The number of pyridine rings is 1. The van der Waals surface area contributed by atoms with Crippen molar-refractivity contribution in [3.05, 3.63) is 88.1 Å². The third-order valence-electron chi connectivity index (χ3n) is 6.39. The van der Waals surface area contributed by atoms with Crippen molar-refractivity contribution in [2.45, 2.75) is 33.2 Å². The Labute approximate surface area is 191 Å². The lowest BCUT2D eigenvalue weighted by Crippen LogP contribution is -2.41. The van der Waals surface area contributed by atoms with Crippen LogP contribution in [0.15, 0.2) is 48.7 Å². The smallest absolute Gasteiger partial charge is 0.355 e. The van der Waals surface area contributed by atoms with Gasteiger partial charge in [-0.25, -0.2) is 4.79 Å². The predicted molar refractivity (Wildman–Crippen MR) is 125 cm³/mol. The summed E-state index contributed by atoms with van der Waals surface area (Å²) in [6.07, 6.45) is 2.49. The van der Waals surface area contributed by atoms with Gasteiger partial charge in [-0.05, 0) is 56.5 Å². The molecule has 5 rings (SSSR count). The van der Waals surface area contributed by atoms with Crippen LogP contribution in [0.3, 0.4) is 0 Å². The third-order valence-corrected chi connectivity index (χ3v) is 6.39. The monoisotopic (exact) mass is 442 g/mol. The van der Waals surface area contributed by atoms with Gasteiger partial charge in [0.05, 0.1) is 17.9 Å². The second kappa shape index (κ2) is 8.24. The van der Waals surface area contributed by atoms with Crippen LogP contribution < -0.4 is 0 Å². The summed E-state index contributed by atoms with van der Waals surface area (Å²) in [5, 5.41) is 1.18. The summed E-state index contributed by atoms with van der Waals surface area (Å²) < 4.78 is 5.16. The molecule has 33 heavy (non-hydrogen) atoms. The molecule has 1 aromatic carbocycles. The molecule has 7 nitrogen and oxygen atoms in total. The molecule has 0 unspecified atom stereocenters. The fourth-order valence-corrected chi connectivity index (χ4v) is 4.93. The van der Waals surface area contributed by atoms with E-state index in [4.69, 9.17) is 4.74 Å². The van der Waals surface area contributed by atoms with Crippen molar-refractivity contribution >= 4 is 22.8 Å². The molecule has 0 bridgehead atoms. The summed E-state index contributed by atoms with van der Waals surface area (Å²) in [4.78, 5) is 39.4. The molecule has 2 N–H and O–H groups in total. The summed E-state index contributed by atoms with van der Waals surface area (Å²) in [5.74, 6) is -0.577. The number of amides is 1. The Morgan fingerprint density at radius 3 is 2.67 bits per heavy atom. The fraction of sp³-hybridized carbons (Fsp3) is 0.269. The van der Waals surface area contributed by atoms with Gasteiger partial charge in [0.15, 0.2) is 0 Å². The van der Waals surface area contributed by atoms with Gasteiger partial charge in [0.2, 0.25) is 0 Å². The number of H-pyrrole nitrogens is 2. The van der Waals surface area contributed by atoms with E-state index in [0.29, 0.717) is 29.1 Å². The number of hydrogen-bond acceptors (Lipinski definition) is 4. The molecule has 0 spiro atoms. The van der Waals surface area contributed by atoms with Gasteiger partial charge in [0.25, 0.3) is 5.91 Å². The molecule has 0 saturated heterocycles. The van der Waals surface area contributed by atoms with E-state index in [1.54, 1.807) is 20.0 Å². The van der Waals surface area contributed by atoms with E-state index in [1.807, 2.05) is 42.2 Å². The summed E-state index contributed by atoms with van der Waals surface area (Å²) in [5.41, 5.74) is 6.17. The highest BCUT2D eigenvalue weighted by atomic mass is 16.5. The van der Waals surface area contributed by atoms with Crippen LogP contribution in [0.1, 0.15) is 62.0 Å². The van der Waals surface area contributed by atoms with E-state index in [9.17, 15) is 9.59 Å². The number of carbonyl (C=O) groups excluding carboxylic acids is 2. The van der Waals surface area contributed by atoms with E-state index in [2.05, 4.69) is 27.1 Å². The van der Waals surface area contributed by atoms with Gasteiger partial charge in [-0.2, -0.15) is 0 Å². The van der Waals surface area contributed by atoms with Crippen LogP contribution in [-0.4, -0.2) is 44.9 Å². The van der Waals surface area contributed by atoms with Gasteiger partial charge in [0.1, 0.15) is 11.7 Å². The highest BCUT2D eigenvalue weighted by molar-refractivity contribution is 6.02. The standard InChI is InChI=1S/C26H26N4O3/c1-4-33-26(32)22-15(2)21(16(3)28-22)25(31)30-14-12-18-17-9-5-6-10-19(17)29-23(18)24(30)20-11-7-8-13-27-20/h5-11,13,24,28-29H,4,12,14H2,1-3H3/t24-/m1/s1. The van der Waals surface area contributed by atoms with Crippen molar-refractivity contribution < 1.29 is 14.3 Å². The number of ether oxygens (including phenoxy) is 1. The first-order chi connectivity index (χ1) is 16.0. The zero-order valence-electron chi connectivity index (χ0n) is 18.9. The van der Waals surface area contributed by atoms with Crippen molar-refractivity contribution in [1.82, 2.24) is 19.9 Å². The number of aromatic nitrogens is 3. The lowest BCUT2D eigenvalue weighted by molar-refractivity contribution is 0.0519. The number of fused-ring (bicyclic) bond motifs is 3. The first-order valence-electron chi connectivity index (χ1n) is 11.2. The van der Waals surface area contributed by atoms with Gasteiger partial charge in [-0.1, -0.05) is 24.3 Å². The van der Waals surface area contributed by atoms with Crippen molar-refractivity contribution in [2.75, 3.05) is 13.2 Å². The van der Waals surface area contributed by atoms with Gasteiger partial charge < -0.3 is 19.6 Å². The topological polar surface area (TPSA) is 91.1 Å². The minimum atomic E-state index is -0.449. The fourth-order valence-electron chi connectivity index (χ4n) is 4.93. The molecule has 0 aliphatic carbocycles. The largest absolute Gasteiger partial charge is 0.461 e. The van der Waals surface area contributed by atoms with Crippen LogP contribution in [0, 0.1) is 13.8 Å². The number of rotatable bonds is 4. The quantitative estimate of drug-likeness (QED) is 0.456. The Morgan fingerprint density at radius 1 is 1.12 bits per heavy atom. The second-order valence-corrected chi connectivity index (χ2v) is 8.31. The van der Waals surface area contributed by atoms with Gasteiger partial charge in [0, 0.05) is 35.0 Å². The lowest BCUT2D eigenvalue weighted by atomic mass is 9.93. The molecule has 7 heteroatoms. The highest BCUT2D eigenvalue weighted by Gasteiger charge is 2.37. The average Bonchev–Trinajstić information content (AvgIpc) is 3.35. The minimum absolute atomic E-state index is 0.128. The summed E-state index contributed by atoms with van der Waals surface area (Å²) in [6, 6.07) is 13.6. The highest BCUT2D eigenvalue weighted by Crippen LogP contribution is 2.39. The van der Waals surface area contributed by atoms with Crippen molar-refractivity contribution in [3.8, 4) is 0 Å². The number of benzene rings is 1. The number of nitrogens with one attached hydrogen (secondary N) is 2. The molecule has 1 atom stereocenters. The third kappa shape index (κ3) is 3.40. The number of hydrogen-bond donors (Lipinski definition) is 2. The lowest BCUT2D eigenvalue weighted by Gasteiger charge is -2.35. The molecule has 0 fully saturated rings. The van der Waals surface area contributed by atoms with Crippen LogP contribution in [0.2, 0.25) is 0 Å². The number of nitrogens with zero attached hydrogens (tertiary/aromatic N) is 2. The molecule has 1 aliphatic rings. The Hall–Kier alpha value is -3.87. The molecule has 0 radical (unpaired) electrons. The number of esters is 1. The first-order valence-corrected chi connectivity index (χ1v) is 11.2. The number of aryl methyl sites for hydroxylation is 1. The van der Waals surface area contributed by atoms with Crippen molar-refractivity contribution in [1.29, 1.82) is 0 Å². The molecule has 1 aliphatic heterocycles. The molecular formula is C26H26N4O3. The molecule has 4 aromatic rings. The number of para-hydroxylation sites is 1. The maximum atomic E-state index is 14.0. The van der Waals surface area contributed by atoms with Gasteiger partial charge >= 0.3 is 5.97 Å². The second-order valence-electron chi connectivity index (χ2n) is 8.31. The first kappa shape index (κ1) is 21.0. The maximum absolute atomic E-state index is 14.0. The van der Waals surface area contributed by atoms with Gasteiger partial charge in [-0.3, -0.25) is 9.78 Å². The van der Waals surface area contributed by atoms with Crippen LogP contribution >= 0.6 is 0 Å². The molecular weight excluding hydrogens is 416 g/mol. The van der Waals surface area contributed by atoms with Crippen LogP contribution in [-0.2, 0) is 11.2 Å². The zero-order chi connectivity index (χ0) is 23.1. The Morgan fingerprint density at radius 2 is 1.91 bits per heavy atom. The summed E-state index contributed by atoms with van der Waals surface area (Å²) in [7, 11) is 0. The average molecular weight is 443 g/mol. The Balaban J connectivity index is 1.62. The Bertz CT molecular complexity index is 1350. The van der Waals surface area contributed by atoms with Crippen molar-refractivity contribution in [3.63, 3.8) is 0 Å². The van der Waals surface area contributed by atoms with E-state index >= 15 is 0 Å². The van der Waals surface area contributed by atoms with E-state index < -0.39 is 5.97 Å².